The molecule has 0 N–H and O–H groups in total. The first-order valence-electron chi connectivity index (χ1n) is 7.71. The van der Waals surface area contributed by atoms with Crippen LogP contribution in [-0.4, -0.2) is 36.8 Å². The fraction of sp³-hybridized carbons (Fsp3) is 0.263. The van der Waals surface area contributed by atoms with Gasteiger partial charge in [0.15, 0.2) is 0 Å². The Morgan fingerprint density at radius 3 is 2.62 bits per heavy atom. The van der Waals surface area contributed by atoms with Crippen LogP contribution in [0, 0.1) is 0 Å². The summed E-state index contributed by atoms with van der Waals surface area (Å²) in [5, 5.41) is 0.120. The summed E-state index contributed by atoms with van der Waals surface area (Å²) in [7, 11) is 3.25. The van der Waals surface area contributed by atoms with E-state index < -0.39 is 0 Å². The Hall–Kier alpha value is -2.27. The average Bonchev–Trinajstić information content (AvgIpc) is 2.64. The molecule has 4 nitrogen and oxygen atoms in total. The third kappa shape index (κ3) is 3.62. The van der Waals surface area contributed by atoms with Crippen molar-refractivity contribution in [3.05, 3.63) is 59.7 Å². The zero-order chi connectivity index (χ0) is 16.9. The van der Waals surface area contributed by atoms with Gasteiger partial charge >= 0.3 is 0 Å². The van der Waals surface area contributed by atoms with E-state index in [2.05, 4.69) is 0 Å². The number of carbonyl (C=O) groups excluding carboxylic acids is 1. The normalized spacial score (nSPS) is 17.3. The Balaban J connectivity index is 1.90. The van der Waals surface area contributed by atoms with E-state index in [0.717, 1.165) is 22.6 Å². The molecule has 124 valence electrons. The van der Waals surface area contributed by atoms with Crippen LogP contribution in [0.5, 0.6) is 11.5 Å². The van der Waals surface area contributed by atoms with Crippen LogP contribution in [-0.2, 0) is 11.2 Å². The molecule has 3 rings (SSSR count). The Morgan fingerprint density at radius 1 is 1.12 bits per heavy atom. The van der Waals surface area contributed by atoms with E-state index in [1.807, 2.05) is 48.5 Å². The first-order chi connectivity index (χ1) is 11.7. The number of hydrogen-bond donors (Lipinski definition) is 0. The molecule has 0 unspecified atom stereocenters. The Labute approximate surface area is 145 Å². The number of methoxy groups -OCH3 is 2. The number of thioether (sulfide) groups is 1. The molecule has 0 saturated carbocycles. The smallest absolute Gasteiger partial charge is 0.214 e. The van der Waals surface area contributed by atoms with Crippen molar-refractivity contribution in [2.45, 2.75) is 12.5 Å². The van der Waals surface area contributed by atoms with Gasteiger partial charge in [0.2, 0.25) is 5.12 Å². The molecular formula is C19H19NO3S. The standard InChI is InChI=1S/C19H19NO3S/c1-22-14-8-9-15(18(11-14)23-2)17-12-24-19(21)16(20-17)10-13-6-4-3-5-7-13/h3-9,11,16H,10,12H2,1-2H3/t16-/m0/s1. The van der Waals surface area contributed by atoms with Crippen molar-refractivity contribution in [1.82, 2.24) is 0 Å². The molecule has 0 radical (unpaired) electrons. The molecule has 0 saturated heterocycles. The van der Waals surface area contributed by atoms with Crippen molar-refractivity contribution in [1.29, 1.82) is 0 Å². The van der Waals surface area contributed by atoms with Gasteiger partial charge < -0.3 is 9.47 Å². The lowest BCUT2D eigenvalue weighted by Crippen LogP contribution is -2.27. The lowest BCUT2D eigenvalue weighted by atomic mass is 10.1. The minimum absolute atomic E-state index is 0.120. The maximum atomic E-state index is 12.2. The molecule has 5 heteroatoms. The fourth-order valence-corrected chi connectivity index (χ4v) is 3.50. The summed E-state index contributed by atoms with van der Waals surface area (Å²) in [6.45, 7) is 0. The van der Waals surface area contributed by atoms with Crippen molar-refractivity contribution >= 4 is 22.6 Å². The molecular weight excluding hydrogens is 322 g/mol. The second-order valence-electron chi connectivity index (χ2n) is 5.46. The first kappa shape index (κ1) is 16.6. The number of ether oxygens (including phenoxy) is 2. The van der Waals surface area contributed by atoms with Gasteiger partial charge in [-0.15, -0.1) is 0 Å². The zero-order valence-corrected chi connectivity index (χ0v) is 14.5. The van der Waals surface area contributed by atoms with Gasteiger partial charge in [-0.25, -0.2) is 0 Å². The minimum atomic E-state index is -0.354. The summed E-state index contributed by atoms with van der Waals surface area (Å²) in [5.41, 5.74) is 2.92. The van der Waals surface area contributed by atoms with Crippen molar-refractivity contribution in [3.8, 4) is 11.5 Å². The van der Waals surface area contributed by atoms with Gasteiger partial charge in [-0.3, -0.25) is 9.79 Å². The maximum Gasteiger partial charge on any atom is 0.214 e. The van der Waals surface area contributed by atoms with Gasteiger partial charge in [0, 0.05) is 23.8 Å². The fourth-order valence-electron chi connectivity index (χ4n) is 2.66. The number of rotatable bonds is 5. The molecule has 0 aliphatic carbocycles. The molecule has 0 spiro atoms. The van der Waals surface area contributed by atoms with E-state index in [1.54, 1.807) is 14.2 Å². The van der Waals surface area contributed by atoms with E-state index in [-0.39, 0.29) is 11.2 Å². The molecule has 1 aliphatic heterocycles. The van der Waals surface area contributed by atoms with Gasteiger partial charge in [0.05, 0.1) is 19.9 Å². The molecule has 0 bridgehead atoms. The third-order valence-corrected chi connectivity index (χ3v) is 4.90. The van der Waals surface area contributed by atoms with Crippen LogP contribution in [0.4, 0.5) is 0 Å². The lowest BCUT2D eigenvalue weighted by molar-refractivity contribution is -0.112. The Bertz CT molecular complexity index is 758. The highest BCUT2D eigenvalue weighted by molar-refractivity contribution is 8.14. The number of benzene rings is 2. The monoisotopic (exact) mass is 341 g/mol. The predicted molar refractivity (Wildman–Crippen MR) is 97.5 cm³/mol. The number of hydrogen-bond acceptors (Lipinski definition) is 5. The summed E-state index contributed by atoms with van der Waals surface area (Å²) >= 11 is 1.32. The minimum Gasteiger partial charge on any atom is -0.497 e. The maximum absolute atomic E-state index is 12.2. The van der Waals surface area contributed by atoms with Crippen LogP contribution in [0.3, 0.4) is 0 Å². The summed E-state index contributed by atoms with van der Waals surface area (Å²) < 4.78 is 10.7. The summed E-state index contributed by atoms with van der Waals surface area (Å²) in [5.74, 6) is 2.00. The van der Waals surface area contributed by atoms with Crippen LogP contribution >= 0.6 is 11.8 Å². The van der Waals surface area contributed by atoms with Crippen LogP contribution in [0.25, 0.3) is 0 Å². The molecule has 0 amide bonds. The first-order valence-corrected chi connectivity index (χ1v) is 8.69. The molecule has 1 atom stereocenters. The van der Waals surface area contributed by atoms with Crippen molar-refractivity contribution in [2.24, 2.45) is 4.99 Å². The Morgan fingerprint density at radius 2 is 1.92 bits per heavy atom. The highest BCUT2D eigenvalue weighted by atomic mass is 32.2. The van der Waals surface area contributed by atoms with Crippen LogP contribution in [0.1, 0.15) is 11.1 Å². The molecule has 2 aromatic carbocycles. The summed E-state index contributed by atoms with van der Waals surface area (Å²) in [4.78, 5) is 17.0. The largest absolute Gasteiger partial charge is 0.497 e. The molecule has 1 aliphatic rings. The number of aliphatic imine (C=N–C) groups is 1. The van der Waals surface area contributed by atoms with E-state index >= 15 is 0 Å². The van der Waals surface area contributed by atoms with Gasteiger partial charge in [0.1, 0.15) is 17.5 Å². The van der Waals surface area contributed by atoms with E-state index in [9.17, 15) is 4.79 Å². The van der Waals surface area contributed by atoms with Crippen molar-refractivity contribution in [2.75, 3.05) is 20.0 Å². The van der Waals surface area contributed by atoms with E-state index in [0.29, 0.717) is 17.9 Å². The van der Waals surface area contributed by atoms with Crippen molar-refractivity contribution < 1.29 is 14.3 Å². The molecule has 1 heterocycles. The third-order valence-electron chi connectivity index (χ3n) is 3.93. The van der Waals surface area contributed by atoms with Gasteiger partial charge in [-0.05, 0) is 17.7 Å². The van der Waals surface area contributed by atoms with Gasteiger partial charge in [-0.1, -0.05) is 42.1 Å². The number of nitrogens with zero attached hydrogens (tertiary/aromatic N) is 1. The molecule has 24 heavy (non-hydrogen) atoms. The van der Waals surface area contributed by atoms with Crippen LogP contribution in [0.15, 0.2) is 53.5 Å². The van der Waals surface area contributed by atoms with E-state index in [1.165, 1.54) is 11.8 Å². The van der Waals surface area contributed by atoms with Gasteiger partial charge in [0.25, 0.3) is 0 Å². The predicted octanol–water partition coefficient (Wildman–Crippen LogP) is 3.38. The topological polar surface area (TPSA) is 47.9 Å². The SMILES string of the molecule is COc1ccc(C2=N[C@@H](Cc3ccccc3)C(=O)SC2)c(OC)c1. The summed E-state index contributed by atoms with van der Waals surface area (Å²) in [6, 6.07) is 15.3. The molecule has 2 aromatic rings. The molecule has 0 fully saturated rings. The second-order valence-corrected chi connectivity index (χ2v) is 6.43. The van der Waals surface area contributed by atoms with Gasteiger partial charge in [-0.2, -0.15) is 0 Å². The highest BCUT2D eigenvalue weighted by Gasteiger charge is 2.26. The summed E-state index contributed by atoms with van der Waals surface area (Å²) in [6.07, 6.45) is 0.620. The van der Waals surface area contributed by atoms with Crippen molar-refractivity contribution in [3.63, 3.8) is 0 Å². The zero-order valence-electron chi connectivity index (χ0n) is 13.7. The number of carbonyl (C=O) groups is 1. The van der Waals surface area contributed by atoms with Crippen LogP contribution < -0.4 is 9.47 Å². The lowest BCUT2D eigenvalue weighted by Gasteiger charge is -2.20. The quantitative estimate of drug-likeness (QED) is 0.836. The van der Waals surface area contributed by atoms with Crippen LogP contribution in [0.2, 0.25) is 0 Å². The molecule has 0 aromatic heterocycles. The second kappa shape index (κ2) is 7.53. The average molecular weight is 341 g/mol. The highest BCUT2D eigenvalue weighted by Crippen LogP contribution is 2.29. The van der Waals surface area contributed by atoms with E-state index in [4.69, 9.17) is 14.5 Å². The Kier molecular flexibility index (Phi) is 5.20.